The third-order valence-electron chi connectivity index (χ3n) is 5.75. The number of likely N-dealkylation sites (tertiary alicyclic amines) is 1. The second-order valence-corrected chi connectivity index (χ2v) is 7.52. The van der Waals surface area contributed by atoms with E-state index in [0.29, 0.717) is 0 Å². The molecule has 0 aromatic heterocycles. The summed E-state index contributed by atoms with van der Waals surface area (Å²) in [5.41, 5.74) is 5.40. The second kappa shape index (κ2) is 8.65. The highest BCUT2D eigenvalue weighted by atomic mass is 19.1. The summed E-state index contributed by atoms with van der Waals surface area (Å²) in [5.74, 6) is 1.25. The maximum Gasteiger partial charge on any atom is 0.220 e. The number of nitrogens with two attached hydrogens (primary N) is 1. The van der Waals surface area contributed by atoms with E-state index < -0.39 is 0 Å². The fraction of sp³-hybridized carbons (Fsp3) is 0.650. The Bertz CT molecular complexity index is 547. The fourth-order valence-corrected chi connectivity index (χ4v) is 4.06. The number of nitrogens with zero attached hydrogens (tertiary/aromatic N) is 1. The smallest absolute Gasteiger partial charge is 0.220 e. The predicted octanol–water partition coefficient (Wildman–Crippen LogP) is 3.35. The number of piperidine rings is 1. The van der Waals surface area contributed by atoms with Gasteiger partial charge in [-0.1, -0.05) is 0 Å². The molecule has 2 aliphatic rings. The first kappa shape index (κ1) is 18.2. The average molecular weight is 348 g/mol. The van der Waals surface area contributed by atoms with E-state index in [2.05, 4.69) is 4.90 Å². The molecule has 1 aliphatic heterocycles. The summed E-state index contributed by atoms with van der Waals surface area (Å²) in [6, 6.07) is 6.28. The summed E-state index contributed by atoms with van der Waals surface area (Å²) in [5, 5.41) is 0. The van der Waals surface area contributed by atoms with Crippen molar-refractivity contribution in [3.8, 4) is 5.75 Å². The van der Waals surface area contributed by atoms with Crippen LogP contribution in [0.1, 0.15) is 44.9 Å². The van der Waals surface area contributed by atoms with E-state index in [1.54, 1.807) is 12.1 Å². The Hall–Kier alpha value is -1.62. The van der Waals surface area contributed by atoms with Crippen LogP contribution in [0.3, 0.4) is 0 Å². The lowest BCUT2D eigenvalue weighted by Crippen LogP contribution is -2.39. The molecule has 2 N–H and O–H groups in total. The number of hydrogen-bond acceptors (Lipinski definition) is 3. The topological polar surface area (TPSA) is 55.6 Å². The number of halogens is 1. The Morgan fingerprint density at radius 3 is 2.32 bits per heavy atom. The van der Waals surface area contributed by atoms with Gasteiger partial charge in [0.15, 0.2) is 0 Å². The van der Waals surface area contributed by atoms with Crippen molar-refractivity contribution in [1.29, 1.82) is 0 Å². The number of benzene rings is 1. The van der Waals surface area contributed by atoms with Crippen LogP contribution in [0.2, 0.25) is 0 Å². The molecule has 138 valence electrons. The number of amides is 1. The molecule has 4 nitrogen and oxygen atoms in total. The van der Waals surface area contributed by atoms with Gasteiger partial charge >= 0.3 is 0 Å². The molecule has 3 rings (SSSR count). The van der Waals surface area contributed by atoms with Crippen LogP contribution in [0, 0.1) is 17.7 Å². The standard InChI is InChI=1S/C20H29FN2O2/c21-17-5-7-18(8-6-17)25-19-10-13-23(14-11-19)12-9-15-1-3-16(4-2-15)20(22)24/h5-8,15-16,19H,1-4,9-14H2,(H2,22,24)/t15-,16-. The minimum Gasteiger partial charge on any atom is -0.490 e. The molecule has 1 aliphatic carbocycles. The molecule has 1 amide bonds. The van der Waals surface area contributed by atoms with Crippen molar-refractivity contribution in [2.45, 2.75) is 51.0 Å². The molecule has 2 fully saturated rings. The molecular formula is C20H29FN2O2. The molecule has 0 unspecified atom stereocenters. The molecule has 25 heavy (non-hydrogen) atoms. The van der Waals surface area contributed by atoms with Crippen molar-refractivity contribution in [3.05, 3.63) is 30.1 Å². The van der Waals surface area contributed by atoms with Gasteiger partial charge in [0.05, 0.1) is 0 Å². The van der Waals surface area contributed by atoms with E-state index in [9.17, 15) is 9.18 Å². The molecule has 1 saturated heterocycles. The largest absolute Gasteiger partial charge is 0.490 e. The number of carbonyl (C=O) groups is 1. The van der Waals surface area contributed by atoms with Crippen LogP contribution < -0.4 is 10.5 Å². The number of carbonyl (C=O) groups excluding carboxylic acids is 1. The normalized spacial score (nSPS) is 25.6. The van der Waals surface area contributed by atoms with Gasteiger partial charge in [0.1, 0.15) is 17.7 Å². The van der Waals surface area contributed by atoms with Crippen LogP contribution >= 0.6 is 0 Å². The van der Waals surface area contributed by atoms with Gasteiger partial charge in [-0.05, 0) is 81.7 Å². The minimum absolute atomic E-state index is 0.107. The lowest BCUT2D eigenvalue weighted by atomic mass is 9.80. The average Bonchev–Trinajstić information content (AvgIpc) is 2.63. The Kier molecular flexibility index (Phi) is 6.29. The highest BCUT2D eigenvalue weighted by Crippen LogP contribution is 2.31. The lowest BCUT2D eigenvalue weighted by Gasteiger charge is -2.34. The summed E-state index contributed by atoms with van der Waals surface area (Å²) in [4.78, 5) is 13.7. The third kappa shape index (κ3) is 5.43. The van der Waals surface area contributed by atoms with Crippen LogP contribution in [0.4, 0.5) is 4.39 Å². The first-order valence-electron chi connectivity index (χ1n) is 9.54. The van der Waals surface area contributed by atoms with Gasteiger partial charge in [0.25, 0.3) is 0 Å². The second-order valence-electron chi connectivity index (χ2n) is 7.52. The van der Waals surface area contributed by atoms with Crippen LogP contribution in [0.25, 0.3) is 0 Å². The van der Waals surface area contributed by atoms with Crippen LogP contribution in [0.15, 0.2) is 24.3 Å². The molecule has 1 saturated carbocycles. The lowest BCUT2D eigenvalue weighted by molar-refractivity contribution is -0.123. The SMILES string of the molecule is NC(=O)[C@H]1CC[C@H](CCN2CCC(Oc3ccc(F)cc3)CC2)CC1. The number of hydrogen-bond donors (Lipinski definition) is 1. The number of rotatable bonds is 6. The van der Waals surface area contributed by atoms with E-state index in [1.807, 2.05) is 0 Å². The van der Waals surface area contributed by atoms with Gasteiger partial charge in [0.2, 0.25) is 5.91 Å². The van der Waals surface area contributed by atoms with E-state index in [1.165, 1.54) is 18.6 Å². The van der Waals surface area contributed by atoms with E-state index in [4.69, 9.17) is 10.5 Å². The summed E-state index contributed by atoms with van der Waals surface area (Å²) < 4.78 is 18.9. The fourth-order valence-electron chi connectivity index (χ4n) is 4.06. The maximum absolute atomic E-state index is 12.9. The number of primary amides is 1. The zero-order valence-electron chi connectivity index (χ0n) is 14.8. The number of ether oxygens (including phenoxy) is 1. The minimum atomic E-state index is -0.230. The molecule has 0 radical (unpaired) electrons. The molecule has 1 aromatic rings. The quantitative estimate of drug-likeness (QED) is 0.858. The Labute approximate surface area is 149 Å². The predicted molar refractivity (Wildman–Crippen MR) is 95.7 cm³/mol. The summed E-state index contributed by atoms with van der Waals surface area (Å²) in [7, 11) is 0. The maximum atomic E-state index is 12.9. The van der Waals surface area contributed by atoms with Gasteiger partial charge in [-0.2, -0.15) is 0 Å². The van der Waals surface area contributed by atoms with E-state index in [-0.39, 0.29) is 23.7 Å². The van der Waals surface area contributed by atoms with Crippen molar-refractivity contribution in [2.75, 3.05) is 19.6 Å². The molecule has 5 heteroatoms. The Balaban J connectivity index is 1.33. The van der Waals surface area contributed by atoms with Crippen molar-refractivity contribution in [2.24, 2.45) is 17.6 Å². The molecule has 0 spiro atoms. The Morgan fingerprint density at radius 1 is 1.08 bits per heavy atom. The monoisotopic (exact) mass is 348 g/mol. The van der Waals surface area contributed by atoms with Crippen LogP contribution in [-0.2, 0) is 4.79 Å². The van der Waals surface area contributed by atoms with Crippen molar-refractivity contribution in [3.63, 3.8) is 0 Å². The zero-order valence-corrected chi connectivity index (χ0v) is 14.8. The first-order chi connectivity index (χ1) is 12.1. The molecular weight excluding hydrogens is 319 g/mol. The van der Waals surface area contributed by atoms with Gasteiger partial charge in [0, 0.05) is 19.0 Å². The van der Waals surface area contributed by atoms with Gasteiger partial charge < -0.3 is 15.4 Å². The van der Waals surface area contributed by atoms with E-state index in [0.717, 1.165) is 69.8 Å². The molecule has 1 heterocycles. The third-order valence-corrected chi connectivity index (χ3v) is 5.75. The van der Waals surface area contributed by atoms with Gasteiger partial charge in [-0.15, -0.1) is 0 Å². The molecule has 0 atom stereocenters. The van der Waals surface area contributed by atoms with Crippen molar-refractivity contribution < 1.29 is 13.9 Å². The molecule has 0 bridgehead atoms. The molecule has 1 aromatic carbocycles. The zero-order chi connectivity index (χ0) is 17.6. The van der Waals surface area contributed by atoms with E-state index >= 15 is 0 Å². The highest BCUT2D eigenvalue weighted by Gasteiger charge is 2.26. The summed E-state index contributed by atoms with van der Waals surface area (Å²) in [6.07, 6.45) is 7.69. The van der Waals surface area contributed by atoms with Crippen LogP contribution in [-0.4, -0.2) is 36.5 Å². The Morgan fingerprint density at radius 2 is 1.72 bits per heavy atom. The van der Waals surface area contributed by atoms with Crippen molar-refractivity contribution in [1.82, 2.24) is 4.90 Å². The van der Waals surface area contributed by atoms with Gasteiger partial charge in [-0.3, -0.25) is 4.79 Å². The van der Waals surface area contributed by atoms with Gasteiger partial charge in [-0.25, -0.2) is 4.39 Å². The highest BCUT2D eigenvalue weighted by molar-refractivity contribution is 5.76. The van der Waals surface area contributed by atoms with Crippen molar-refractivity contribution >= 4 is 5.91 Å². The summed E-state index contributed by atoms with van der Waals surface area (Å²) >= 11 is 0. The van der Waals surface area contributed by atoms with Crippen LogP contribution in [0.5, 0.6) is 5.75 Å². The first-order valence-corrected chi connectivity index (χ1v) is 9.54. The summed E-state index contributed by atoms with van der Waals surface area (Å²) in [6.45, 7) is 3.25.